The summed E-state index contributed by atoms with van der Waals surface area (Å²) in [5, 5.41) is 10.00. The molecule has 1 saturated heterocycles. The molecule has 0 unspecified atom stereocenters. The van der Waals surface area contributed by atoms with E-state index in [9.17, 15) is 0 Å². The molecule has 1 aromatic rings. The van der Waals surface area contributed by atoms with Gasteiger partial charge >= 0.3 is 0 Å². The highest BCUT2D eigenvalue weighted by atomic mass is 35.5. The van der Waals surface area contributed by atoms with Gasteiger partial charge in [-0.05, 0) is 25.5 Å². The fourth-order valence-electron chi connectivity index (χ4n) is 2.40. The number of piperazine rings is 1. The third-order valence-electron chi connectivity index (χ3n) is 3.79. The first-order valence-electron chi connectivity index (χ1n) is 6.65. The molecule has 0 spiro atoms. The van der Waals surface area contributed by atoms with Crippen molar-refractivity contribution < 1.29 is 0 Å². The van der Waals surface area contributed by atoms with Crippen LogP contribution in [0.1, 0.15) is 19.4 Å². The third-order valence-corrected chi connectivity index (χ3v) is 4.16. The Morgan fingerprint density at radius 2 is 1.84 bits per heavy atom. The highest BCUT2D eigenvalue weighted by Crippen LogP contribution is 2.20. The summed E-state index contributed by atoms with van der Waals surface area (Å²) in [5.41, 5.74) is 0.813. The van der Waals surface area contributed by atoms with E-state index in [0.29, 0.717) is 0 Å². The molecule has 1 fully saturated rings. The van der Waals surface area contributed by atoms with E-state index in [0.717, 1.165) is 37.7 Å². The number of hydrogen-bond donors (Lipinski definition) is 0. The summed E-state index contributed by atoms with van der Waals surface area (Å²) in [6, 6.07) is 10.4. The number of nitrogens with zero attached hydrogens (tertiary/aromatic N) is 3. The van der Waals surface area contributed by atoms with Gasteiger partial charge in [0.1, 0.15) is 5.54 Å². The van der Waals surface area contributed by atoms with E-state index in [1.165, 1.54) is 5.56 Å². The van der Waals surface area contributed by atoms with E-state index >= 15 is 0 Å². The summed E-state index contributed by atoms with van der Waals surface area (Å²) in [6.45, 7) is 8.69. The van der Waals surface area contributed by atoms with Gasteiger partial charge in [-0.1, -0.05) is 29.8 Å². The van der Waals surface area contributed by atoms with E-state index in [4.69, 9.17) is 16.9 Å². The average molecular weight is 278 g/mol. The maximum Gasteiger partial charge on any atom is 0.103 e. The minimum atomic E-state index is -0.365. The number of nitriles is 1. The van der Waals surface area contributed by atoms with Crippen LogP contribution in [0, 0.1) is 11.3 Å². The average Bonchev–Trinajstić information content (AvgIpc) is 2.42. The molecule has 0 saturated carbocycles. The van der Waals surface area contributed by atoms with Crippen molar-refractivity contribution in [3.05, 3.63) is 34.9 Å². The van der Waals surface area contributed by atoms with Crippen LogP contribution in [0.2, 0.25) is 5.02 Å². The second-order valence-electron chi connectivity index (χ2n) is 5.53. The van der Waals surface area contributed by atoms with Crippen molar-refractivity contribution in [3.63, 3.8) is 0 Å². The van der Waals surface area contributed by atoms with Crippen molar-refractivity contribution >= 4 is 11.6 Å². The van der Waals surface area contributed by atoms with Gasteiger partial charge in [0.2, 0.25) is 0 Å². The summed E-state index contributed by atoms with van der Waals surface area (Å²) >= 11 is 6.19. The molecule has 1 aliphatic heterocycles. The Bertz CT molecular complexity index is 471. The normalized spacial score (nSPS) is 18.2. The molecule has 0 bridgehead atoms. The molecular formula is C15H20ClN3. The molecule has 0 aromatic heterocycles. The lowest BCUT2D eigenvalue weighted by Crippen LogP contribution is -2.53. The van der Waals surface area contributed by atoms with Crippen molar-refractivity contribution in [2.75, 3.05) is 26.2 Å². The van der Waals surface area contributed by atoms with Crippen molar-refractivity contribution in [3.8, 4) is 6.07 Å². The quantitative estimate of drug-likeness (QED) is 0.851. The fraction of sp³-hybridized carbons (Fsp3) is 0.533. The van der Waals surface area contributed by atoms with Gasteiger partial charge in [-0.3, -0.25) is 9.80 Å². The van der Waals surface area contributed by atoms with E-state index in [1.807, 2.05) is 32.0 Å². The minimum Gasteiger partial charge on any atom is -0.296 e. The molecule has 0 aliphatic carbocycles. The van der Waals surface area contributed by atoms with Crippen LogP contribution in [0.25, 0.3) is 0 Å². The Balaban J connectivity index is 1.91. The van der Waals surface area contributed by atoms with Gasteiger partial charge in [-0.15, -0.1) is 0 Å². The largest absolute Gasteiger partial charge is 0.296 e. The first-order chi connectivity index (χ1) is 9.03. The van der Waals surface area contributed by atoms with Gasteiger partial charge in [-0.25, -0.2) is 0 Å². The molecule has 0 N–H and O–H groups in total. The second-order valence-corrected chi connectivity index (χ2v) is 5.93. The Hall–Kier alpha value is -1.08. The summed E-state index contributed by atoms with van der Waals surface area (Å²) in [6.07, 6.45) is 0. The monoisotopic (exact) mass is 277 g/mol. The Kier molecular flexibility index (Phi) is 4.46. The molecule has 1 heterocycles. The van der Waals surface area contributed by atoms with Crippen LogP contribution in [0.4, 0.5) is 0 Å². The van der Waals surface area contributed by atoms with Crippen molar-refractivity contribution in [2.45, 2.75) is 25.9 Å². The molecule has 0 radical (unpaired) electrons. The first kappa shape index (κ1) is 14.3. The van der Waals surface area contributed by atoms with Gasteiger partial charge < -0.3 is 0 Å². The second kappa shape index (κ2) is 5.92. The molecule has 19 heavy (non-hydrogen) atoms. The lowest BCUT2D eigenvalue weighted by molar-refractivity contribution is 0.0764. The highest BCUT2D eigenvalue weighted by molar-refractivity contribution is 6.31. The Morgan fingerprint density at radius 1 is 1.21 bits per heavy atom. The van der Waals surface area contributed by atoms with Crippen LogP contribution in [0.15, 0.2) is 24.3 Å². The van der Waals surface area contributed by atoms with E-state index < -0.39 is 0 Å². The predicted octanol–water partition coefficient (Wildman–Crippen LogP) is 2.76. The van der Waals surface area contributed by atoms with Crippen molar-refractivity contribution in [1.82, 2.24) is 9.80 Å². The van der Waals surface area contributed by atoms with Crippen LogP contribution in [-0.2, 0) is 6.54 Å². The molecule has 0 atom stereocenters. The molecule has 2 rings (SSSR count). The topological polar surface area (TPSA) is 30.3 Å². The molecule has 1 aromatic carbocycles. The summed E-state index contributed by atoms with van der Waals surface area (Å²) in [7, 11) is 0. The molecule has 3 nitrogen and oxygen atoms in total. The zero-order valence-corrected chi connectivity index (χ0v) is 12.3. The Morgan fingerprint density at radius 3 is 2.42 bits per heavy atom. The lowest BCUT2D eigenvalue weighted by atomic mass is 10.0. The van der Waals surface area contributed by atoms with E-state index in [2.05, 4.69) is 21.9 Å². The molecular weight excluding hydrogens is 258 g/mol. The van der Waals surface area contributed by atoms with Crippen LogP contribution in [-0.4, -0.2) is 41.5 Å². The summed E-state index contributed by atoms with van der Waals surface area (Å²) < 4.78 is 0. The zero-order valence-electron chi connectivity index (χ0n) is 11.6. The van der Waals surface area contributed by atoms with Crippen LogP contribution in [0.3, 0.4) is 0 Å². The van der Waals surface area contributed by atoms with Gasteiger partial charge in [0.15, 0.2) is 0 Å². The SMILES string of the molecule is CC(C)(C#N)N1CCN(Cc2ccccc2Cl)CC1. The maximum atomic E-state index is 9.16. The number of benzene rings is 1. The molecule has 4 heteroatoms. The van der Waals surface area contributed by atoms with E-state index in [-0.39, 0.29) is 5.54 Å². The highest BCUT2D eigenvalue weighted by Gasteiger charge is 2.29. The number of rotatable bonds is 3. The standard InChI is InChI=1S/C15H20ClN3/c1-15(2,12-17)19-9-7-18(8-10-19)11-13-5-3-4-6-14(13)16/h3-6H,7-11H2,1-2H3. The maximum absolute atomic E-state index is 9.16. The zero-order chi connectivity index (χ0) is 13.9. The van der Waals surface area contributed by atoms with Crippen molar-refractivity contribution in [1.29, 1.82) is 5.26 Å². The van der Waals surface area contributed by atoms with Gasteiger partial charge in [0.25, 0.3) is 0 Å². The molecule has 102 valence electrons. The van der Waals surface area contributed by atoms with Crippen LogP contribution < -0.4 is 0 Å². The first-order valence-corrected chi connectivity index (χ1v) is 7.03. The molecule has 0 amide bonds. The molecule has 1 aliphatic rings. The third kappa shape index (κ3) is 3.48. The minimum absolute atomic E-state index is 0.365. The Labute approximate surface area is 120 Å². The number of halogens is 1. The number of hydrogen-bond acceptors (Lipinski definition) is 3. The van der Waals surface area contributed by atoms with Gasteiger partial charge in [0.05, 0.1) is 6.07 Å². The van der Waals surface area contributed by atoms with Gasteiger partial charge in [0, 0.05) is 37.7 Å². The van der Waals surface area contributed by atoms with Crippen LogP contribution in [0.5, 0.6) is 0 Å². The smallest absolute Gasteiger partial charge is 0.103 e. The van der Waals surface area contributed by atoms with Gasteiger partial charge in [-0.2, -0.15) is 5.26 Å². The summed E-state index contributed by atoms with van der Waals surface area (Å²) in [4.78, 5) is 4.64. The fourth-order valence-corrected chi connectivity index (χ4v) is 2.60. The lowest BCUT2D eigenvalue weighted by Gasteiger charge is -2.40. The summed E-state index contributed by atoms with van der Waals surface area (Å²) in [5.74, 6) is 0. The van der Waals surface area contributed by atoms with E-state index in [1.54, 1.807) is 0 Å². The van der Waals surface area contributed by atoms with Crippen molar-refractivity contribution in [2.24, 2.45) is 0 Å². The predicted molar refractivity (Wildman–Crippen MR) is 78.0 cm³/mol. The van der Waals surface area contributed by atoms with Crippen LogP contribution >= 0.6 is 11.6 Å².